The minimum Gasteiger partial charge on any atom is -0.331 e. The Kier molecular flexibility index (Phi) is 10.8. The number of phosphoric acid groups is 1. The van der Waals surface area contributed by atoms with Crippen LogP contribution in [0.1, 0.15) is 58.8 Å². The zero-order valence-electron chi connectivity index (χ0n) is 14.5. The lowest BCUT2D eigenvalue weighted by molar-refractivity contribution is -0.870. The molecule has 0 fully saturated rings. The van der Waals surface area contributed by atoms with Gasteiger partial charge in [-0.05, 0) is 33.1 Å². The average molecular weight is 324 g/mol. The predicted octanol–water partition coefficient (Wildman–Crippen LogP) is 3.97. The predicted molar refractivity (Wildman–Crippen MR) is 87.2 cm³/mol. The summed E-state index contributed by atoms with van der Waals surface area (Å²) in [5.74, 6) is 0. The van der Waals surface area contributed by atoms with Crippen molar-refractivity contribution in [1.29, 1.82) is 0 Å². The molecule has 0 bridgehead atoms. The zero-order valence-corrected chi connectivity index (χ0v) is 15.4. The van der Waals surface area contributed by atoms with E-state index in [0.29, 0.717) is 6.61 Å². The summed E-state index contributed by atoms with van der Waals surface area (Å²) >= 11 is 0. The summed E-state index contributed by atoms with van der Waals surface area (Å²) in [5.41, 5.74) is 0. The number of rotatable bonds is 13. The Morgan fingerprint density at radius 1 is 0.952 bits per heavy atom. The number of nitrogens with zero attached hydrogens (tertiary/aromatic N) is 1. The number of hydrogen-bond donors (Lipinski definition) is 1. The quantitative estimate of drug-likeness (QED) is 0.316. The first kappa shape index (κ1) is 21.1. The van der Waals surface area contributed by atoms with Crippen LogP contribution in [0.2, 0.25) is 0 Å². The van der Waals surface area contributed by atoms with Gasteiger partial charge in [-0.1, -0.05) is 25.7 Å². The first-order valence-corrected chi connectivity index (χ1v) is 9.58. The molecule has 0 aliphatic carbocycles. The van der Waals surface area contributed by atoms with Gasteiger partial charge in [0.2, 0.25) is 0 Å². The molecule has 0 radical (unpaired) electrons. The van der Waals surface area contributed by atoms with E-state index in [4.69, 9.17) is 9.05 Å². The minimum absolute atomic E-state index is 0.294. The summed E-state index contributed by atoms with van der Waals surface area (Å²) in [6.45, 7) is 4.95. The summed E-state index contributed by atoms with van der Waals surface area (Å²) in [5, 5.41) is 0. The van der Waals surface area contributed by atoms with Gasteiger partial charge in [-0.3, -0.25) is 9.05 Å². The molecule has 1 N–H and O–H groups in total. The SMILES string of the molecule is CC(C)OP(=O)(O)OCCCCCCCCC[N+](C)(C)C. The molecule has 0 heterocycles. The Labute approximate surface area is 130 Å². The monoisotopic (exact) mass is 324 g/mol. The summed E-state index contributed by atoms with van der Waals surface area (Å²) in [6.07, 6.45) is 7.79. The molecule has 1 atom stereocenters. The lowest BCUT2D eigenvalue weighted by atomic mass is 10.1. The second kappa shape index (κ2) is 10.7. The molecule has 0 aromatic carbocycles. The van der Waals surface area contributed by atoms with Crippen LogP contribution in [0.25, 0.3) is 0 Å². The highest BCUT2D eigenvalue weighted by Gasteiger charge is 2.21. The average Bonchev–Trinajstić information content (AvgIpc) is 2.28. The van der Waals surface area contributed by atoms with Gasteiger partial charge in [0.1, 0.15) is 0 Å². The molecule has 6 heteroatoms. The fourth-order valence-electron chi connectivity index (χ4n) is 2.05. The van der Waals surface area contributed by atoms with E-state index in [9.17, 15) is 9.46 Å². The van der Waals surface area contributed by atoms with E-state index in [1.54, 1.807) is 13.8 Å². The normalized spacial score (nSPS) is 15.4. The molecular weight excluding hydrogens is 289 g/mol. The Morgan fingerprint density at radius 2 is 1.43 bits per heavy atom. The van der Waals surface area contributed by atoms with Gasteiger partial charge in [-0.2, -0.15) is 0 Å². The zero-order chi connectivity index (χ0) is 16.4. The van der Waals surface area contributed by atoms with Crippen LogP contribution in [0.3, 0.4) is 0 Å². The molecule has 0 aliphatic heterocycles. The van der Waals surface area contributed by atoms with Crippen molar-refractivity contribution in [2.24, 2.45) is 0 Å². The molecule has 21 heavy (non-hydrogen) atoms. The van der Waals surface area contributed by atoms with Gasteiger partial charge < -0.3 is 9.38 Å². The van der Waals surface area contributed by atoms with Gasteiger partial charge >= 0.3 is 7.82 Å². The van der Waals surface area contributed by atoms with Gasteiger partial charge in [-0.25, -0.2) is 4.57 Å². The van der Waals surface area contributed by atoms with Crippen LogP contribution in [-0.2, 0) is 13.6 Å². The molecule has 0 amide bonds. The molecule has 0 aromatic heterocycles. The maximum Gasteiger partial charge on any atom is 0.472 e. The third-order valence-corrected chi connectivity index (χ3v) is 4.27. The minimum atomic E-state index is -3.84. The van der Waals surface area contributed by atoms with Crippen molar-refractivity contribution in [3.8, 4) is 0 Å². The van der Waals surface area contributed by atoms with E-state index in [2.05, 4.69) is 21.1 Å². The number of hydrogen-bond acceptors (Lipinski definition) is 3. The largest absolute Gasteiger partial charge is 0.472 e. The molecule has 128 valence electrons. The smallest absolute Gasteiger partial charge is 0.331 e. The van der Waals surface area contributed by atoms with Gasteiger partial charge in [0, 0.05) is 0 Å². The number of phosphoric ester groups is 1. The summed E-state index contributed by atoms with van der Waals surface area (Å²) < 4.78 is 22.2. The van der Waals surface area contributed by atoms with Crippen molar-refractivity contribution in [2.75, 3.05) is 34.3 Å². The van der Waals surface area contributed by atoms with E-state index in [1.165, 1.54) is 32.2 Å². The van der Waals surface area contributed by atoms with Crippen molar-refractivity contribution in [2.45, 2.75) is 64.9 Å². The lowest BCUT2D eigenvalue weighted by Crippen LogP contribution is -2.35. The highest BCUT2D eigenvalue weighted by Crippen LogP contribution is 2.44. The van der Waals surface area contributed by atoms with E-state index in [0.717, 1.165) is 23.7 Å². The molecule has 1 unspecified atom stereocenters. The lowest BCUT2D eigenvalue weighted by Gasteiger charge is -2.23. The highest BCUT2D eigenvalue weighted by molar-refractivity contribution is 7.47. The molecule has 0 aliphatic rings. The highest BCUT2D eigenvalue weighted by atomic mass is 31.2. The Bertz CT molecular complexity index is 303. The second-order valence-electron chi connectivity index (χ2n) is 6.94. The summed E-state index contributed by atoms with van der Waals surface area (Å²) in [7, 11) is 2.84. The molecule has 0 aromatic rings. The van der Waals surface area contributed by atoms with E-state index in [1.807, 2.05) is 0 Å². The maximum absolute atomic E-state index is 11.4. The van der Waals surface area contributed by atoms with E-state index < -0.39 is 7.82 Å². The number of quaternary nitrogens is 1. The second-order valence-corrected chi connectivity index (χ2v) is 8.35. The van der Waals surface area contributed by atoms with Gasteiger partial charge in [0.05, 0.1) is 40.4 Å². The fourth-order valence-corrected chi connectivity index (χ4v) is 3.00. The summed E-state index contributed by atoms with van der Waals surface area (Å²) in [6, 6.07) is 0. The van der Waals surface area contributed by atoms with E-state index >= 15 is 0 Å². The van der Waals surface area contributed by atoms with E-state index in [-0.39, 0.29) is 6.10 Å². The summed E-state index contributed by atoms with van der Waals surface area (Å²) in [4.78, 5) is 9.36. The van der Waals surface area contributed by atoms with Crippen LogP contribution < -0.4 is 0 Å². The Hall–Kier alpha value is 0.0700. The first-order valence-electron chi connectivity index (χ1n) is 8.08. The van der Waals surface area contributed by atoms with Crippen LogP contribution in [0.15, 0.2) is 0 Å². The van der Waals surface area contributed by atoms with Crippen LogP contribution in [0.4, 0.5) is 0 Å². The van der Waals surface area contributed by atoms with Gasteiger partial charge in [0.25, 0.3) is 0 Å². The molecule has 0 spiro atoms. The van der Waals surface area contributed by atoms with Crippen molar-refractivity contribution in [3.63, 3.8) is 0 Å². The van der Waals surface area contributed by atoms with Crippen LogP contribution in [-0.4, -0.2) is 49.8 Å². The van der Waals surface area contributed by atoms with Crippen molar-refractivity contribution < 1.29 is 23.0 Å². The molecule has 0 saturated heterocycles. The fraction of sp³-hybridized carbons (Fsp3) is 1.00. The first-order chi connectivity index (χ1) is 9.62. The van der Waals surface area contributed by atoms with Crippen molar-refractivity contribution >= 4 is 7.82 Å². The molecule has 5 nitrogen and oxygen atoms in total. The standard InChI is InChI=1S/C15H34NO4P/c1-15(2)20-21(17,18)19-14-12-10-8-6-7-9-11-13-16(3,4)5/h15H,6-14H2,1-5H3/p+1. The topological polar surface area (TPSA) is 55.8 Å². The van der Waals surface area contributed by atoms with Gasteiger partial charge in [-0.15, -0.1) is 0 Å². The third kappa shape index (κ3) is 16.3. The Balaban J connectivity index is 3.35. The van der Waals surface area contributed by atoms with Crippen LogP contribution in [0.5, 0.6) is 0 Å². The third-order valence-electron chi connectivity index (χ3n) is 3.07. The number of unbranched alkanes of at least 4 members (excludes halogenated alkanes) is 6. The maximum atomic E-state index is 11.4. The molecular formula is C15H35NO4P+. The van der Waals surface area contributed by atoms with Crippen molar-refractivity contribution in [3.05, 3.63) is 0 Å². The van der Waals surface area contributed by atoms with Crippen LogP contribution in [0, 0.1) is 0 Å². The van der Waals surface area contributed by atoms with Crippen LogP contribution >= 0.6 is 7.82 Å². The van der Waals surface area contributed by atoms with Crippen molar-refractivity contribution in [1.82, 2.24) is 0 Å². The molecule has 0 saturated carbocycles. The molecule has 0 rings (SSSR count). The Morgan fingerprint density at radius 3 is 1.90 bits per heavy atom. The van der Waals surface area contributed by atoms with Gasteiger partial charge in [0.15, 0.2) is 0 Å².